The summed E-state index contributed by atoms with van der Waals surface area (Å²) in [5.74, 6) is -0.779. The number of halogens is 1. The van der Waals surface area contributed by atoms with Crippen LogP contribution < -0.4 is 10.8 Å². The fourth-order valence-electron chi connectivity index (χ4n) is 2.05. The van der Waals surface area contributed by atoms with Crippen LogP contribution in [0.25, 0.3) is 0 Å². The maximum Gasteiger partial charge on any atom is 0.0718 e. The highest BCUT2D eigenvalue weighted by atomic mass is 35.5. The fourth-order valence-corrected chi connectivity index (χ4v) is 2.05. The van der Waals surface area contributed by atoms with E-state index in [9.17, 15) is 9.90 Å². The molecule has 0 spiro atoms. The average molecular weight is 271 g/mol. The molecule has 0 amide bonds. The Kier molecular flexibility index (Phi) is 5.68. The molecule has 0 fully saturated rings. The van der Waals surface area contributed by atoms with Crippen molar-refractivity contribution in [1.29, 1.82) is 0 Å². The molecule has 0 aliphatic carbocycles. The number of aromatic carboxylic acids is 1. The van der Waals surface area contributed by atoms with E-state index < -0.39 is 5.97 Å². The van der Waals surface area contributed by atoms with Gasteiger partial charge in [-0.25, -0.2) is 0 Å². The first-order valence-corrected chi connectivity index (χ1v) is 5.92. The molecule has 3 nitrogen and oxygen atoms in total. The van der Waals surface area contributed by atoms with Gasteiger partial charge < -0.3 is 15.6 Å². The van der Waals surface area contributed by atoms with Crippen LogP contribution in [0.4, 0.5) is 5.69 Å². The number of rotatable bonds is 4. The second-order valence-corrected chi connectivity index (χ2v) is 5.12. The van der Waals surface area contributed by atoms with Gasteiger partial charge in [-0.05, 0) is 29.0 Å². The zero-order valence-corrected chi connectivity index (χ0v) is 12.1. The zero-order valence-electron chi connectivity index (χ0n) is 11.3. The van der Waals surface area contributed by atoms with E-state index in [2.05, 4.69) is 13.8 Å². The maximum absolute atomic E-state index is 11.1. The van der Waals surface area contributed by atoms with E-state index in [0.717, 1.165) is 12.0 Å². The van der Waals surface area contributed by atoms with Crippen molar-refractivity contribution < 1.29 is 9.90 Å². The molecule has 0 aliphatic rings. The lowest BCUT2D eigenvalue weighted by Crippen LogP contribution is -2.32. The van der Waals surface area contributed by atoms with Crippen molar-refractivity contribution >= 4 is 24.1 Å². The van der Waals surface area contributed by atoms with Crippen molar-refractivity contribution in [2.75, 3.05) is 5.73 Å². The van der Waals surface area contributed by atoms with Gasteiger partial charge in [-0.1, -0.05) is 40.2 Å². The molecule has 102 valence electrons. The molecule has 0 saturated carbocycles. The first kappa shape index (κ1) is 16.8. The predicted molar refractivity (Wildman–Crippen MR) is 74.9 cm³/mol. The molecule has 1 aromatic carbocycles. The number of hydrogen-bond donors (Lipinski definition) is 1. The number of hydrogen-bond acceptors (Lipinski definition) is 3. The molecule has 1 atom stereocenters. The SMILES string of the molecule is CCC(C)C(C)(C)c1cc(N)ccc1C(=O)[O-].Cl. The maximum atomic E-state index is 11.1. The van der Waals surface area contributed by atoms with E-state index in [0.29, 0.717) is 11.6 Å². The van der Waals surface area contributed by atoms with Crippen LogP contribution in [0.3, 0.4) is 0 Å². The molecule has 2 N–H and O–H groups in total. The first-order valence-electron chi connectivity index (χ1n) is 5.92. The molecule has 0 heterocycles. The Labute approximate surface area is 115 Å². The highest BCUT2D eigenvalue weighted by Gasteiger charge is 2.29. The normalized spacial score (nSPS) is 12.7. The van der Waals surface area contributed by atoms with Crippen LogP contribution in [0, 0.1) is 5.92 Å². The lowest BCUT2D eigenvalue weighted by Gasteiger charge is -2.34. The number of carboxylic acid groups (broad SMARTS) is 1. The molecule has 0 radical (unpaired) electrons. The molecular formula is C14H21ClNO2-. The van der Waals surface area contributed by atoms with Crippen molar-refractivity contribution in [3.8, 4) is 0 Å². The Morgan fingerprint density at radius 2 is 2.00 bits per heavy atom. The summed E-state index contributed by atoms with van der Waals surface area (Å²) in [7, 11) is 0. The van der Waals surface area contributed by atoms with E-state index in [1.165, 1.54) is 6.07 Å². The Balaban J connectivity index is 0.00000289. The molecule has 4 heteroatoms. The number of anilines is 1. The number of carbonyl (C=O) groups excluding carboxylic acids is 1. The summed E-state index contributed by atoms with van der Waals surface area (Å²) in [6, 6.07) is 4.88. The van der Waals surface area contributed by atoms with E-state index in [1.807, 2.05) is 13.8 Å². The van der Waals surface area contributed by atoms with Gasteiger partial charge in [-0.2, -0.15) is 0 Å². The smallest absolute Gasteiger partial charge is 0.0718 e. The summed E-state index contributed by atoms with van der Waals surface area (Å²) in [5.41, 5.74) is 7.10. The van der Waals surface area contributed by atoms with Gasteiger partial charge in [-0.3, -0.25) is 0 Å². The minimum atomic E-state index is -1.14. The van der Waals surface area contributed by atoms with Crippen molar-refractivity contribution in [3.63, 3.8) is 0 Å². The molecule has 0 saturated heterocycles. The Morgan fingerprint density at radius 1 is 1.44 bits per heavy atom. The van der Waals surface area contributed by atoms with Crippen molar-refractivity contribution in [2.45, 2.75) is 39.5 Å². The van der Waals surface area contributed by atoms with Crippen LogP contribution >= 0.6 is 12.4 Å². The summed E-state index contributed by atoms with van der Waals surface area (Å²) in [5, 5.41) is 11.1. The van der Waals surface area contributed by atoms with Crippen LogP contribution in [0.15, 0.2) is 18.2 Å². The third-order valence-electron chi connectivity index (χ3n) is 3.80. The van der Waals surface area contributed by atoms with Gasteiger partial charge in [0.25, 0.3) is 0 Å². The predicted octanol–water partition coefficient (Wildman–Crippen LogP) is 2.38. The number of nitrogens with two attached hydrogens (primary N) is 1. The second-order valence-electron chi connectivity index (χ2n) is 5.12. The van der Waals surface area contributed by atoms with Crippen LogP contribution in [0.5, 0.6) is 0 Å². The zero-order chi connectivity index (χ0) is 13.2. The molecule has 1 unspecified atom stereocenters. The van der Waals surface area contributed by atoms with Gasteiger partial charge in [-0.15, -0.1) is 12.4 Å². The standard InChI is InChI=1S/C14H21NO2.ClH/c1-5-9(2)14(3,4)12-8-10(15)6-7-11(12)13(16)17;/h6-9H,5,15H2,1-4H3,(H,16,17);1H/p-1. The van der Waals surface area contributed by atoms with Crippen LogP contribution in [-0.4, -0.2) is 5.97 Å². The van der Waals surface area contributed by atoms with E-state index in [-0.39, 0.29) is 23.4 Å². The topological polar surface area (TPSA) is 66.2 Å². The monoisotopic (exact) mass is 270 g/mol. The van der Waals surface area contributed by atoms with Crippen LogP contribution in [0.1, 0.15) is 50.0 Å². The van der Waals surface area contributed by atoms with Gasteiger partial charge in [0.1, 0.15) is 0 Å². The minimum absolute atomic E-state index is 0. The van der Waals surface area contributed by atoms with Crippen molar-refractivity contribution in [2.24, 2.45) is 5.92 Å². The van der Waals surface area contributed by atoms with Gasteiger partial charge in [0.05, 0.1) is 5.97 Å². The summed E-state index contributed by atoms with van der Waals surface area (Å²) in [4.78, 5) is 11.1. The van der Waals surface area contributed by atoms with Gasteiger partial charge in [0.2, 0.25) is 0 Å². The third kappa shape index (κ3) is 3.16. The Morgan fingerprint density at radius 3 is 2.44 bits per heavy atom. The largest absolute Gasteiger partial charge is 0.545 e. The van der Waals surface area contributed by atoms with Gasteiger partial charge in [0.15, 0.2) is 0 Å². The fraction of sp³-hybridized carbons (Fsp3) is 0.500. The highest BCUT2D eigenvalue weighted by molar-refractivity contribution is 5.88. The molecule has 18 heavy (non-hydrogen) atoms. The number of nitrogen functional groups attached to an aromatic ring is 1. The molecule has 0 aromatic heterocycles. The molecule has 0 bridgehead atoms. The summed E-state index contributed by atoms with van der Waals surface area (Å²) in [6.45, 7) is 8.30. The first-order chi connectivity index (χ1) is 7.80. The molecule has 1 aromatic rings. The second kappa shape index (κ2) is 6.10. The summed E-state index contributed by atoms with van der Waals surface area (Å²) < 4.78 is 0. The molecule has 1 rings (SSSR count). The van der Waals surface area contributed by atoms with E-state index in [1.54, 1.807) is 12.1 Å². The Bertz CT molecular complexity index is 430. The summed E-state index contributed by atoms with van der Waals surface area (Å²) in [6.07, 6.45) is 0.980. The van der Waals surface area contributed by atoms with E-state index in [4.69, 9.17) is 5.73 Å². The van der Waals surface area contributed by atoms with Crippen molar-refractivity contribution in [1.82, 2.24) is 0 Å². The lowest BCUT2D eigenvalue weighted by molar-refractivity contribution is -0.255. The van der Waals surface area contributed by atoms with Gasteiger partial charge >= 0.3 is 0 Å². The number of carboxylic acids is 1. The van der Waals surface area contributed by atoms with E-state index >= 15 is 0 Å². The highest BCUT2D eigenvalue weighted by Crippen LogP contribution is 2.36. The van der Waals surface area contributed by atoms with Gasteiger partial charge in [0, 0.05) is 11.3 Å². The third-order valence-corrected chi connectivity index (χ3v) is 3.80. The minimum Gasteiger partial charge on any atom is -0.545 e. The van der Waals surface area contributed by atoms with Crippen molar-refractivity contribution in [3.05, 3.63) is 29.3 Å². The lowest BCUT2D eigenvalue weighted by atomic mass is 9.71. The molecule has 0 aliphatic heterocycles. The van der Waals surface area contributed by atoms with Crippen LogP contribution in [0.2, 0.25) is 0 Å². The number of carbonyl (C=O) groups is 1. The van der Waals surface area contributed by atoms with Crippen LogP contribution in [-0.2, 0) is 5.41 Å². The average Bonchev–Trinajstić information content (AvgIpc) is 2.27. The molecular weight excluding hydrogens is 250 g/mol. The Hall–Kier alpha value is -1.22. The number of benzene rings is 1. The quantitative estimate of drug-likeness (QED) is 0.854. The summed E-state index contributed by atoms with van der Waals surface area (Å²) >= 11 is 0.